The number of nitrogens with zero attached hydrogens (tertiary/aromatic N) is 2. The summed E-state index contributed by atoms with van der Waals surface area (Å²) in [5.41, 5.74) is 4.39. The molecular formula is C26H26N2O2S. The second-order valence-electron chi connectivity index (χ2n) is 8.75. The van der Waals surface area contributed by atoms with E-state index in [0.29, 0.717) is 16.9 Å². The normalized spacial score (nSPS) is 12.6. The minimum absolute atomic E-state index is 0.0497. The minimum Gasteiger partial charge on any atom is -0.228 e. The second-order valence-corrected chi connectivity index (χ2v) is 10.5. The molecule has 0 saturated carbocycles. The molecule has 0 saturated heterocycles. The second kappa shape index (κ2) is 7.82. The molecule has 0 atom stereocenters. The van der Waals surface area contributed by atoms with Crippen molar-refractivity contribution in [2.75, 3.05) is 0 Å². The van der Waals surface area contributed by atoms with Gasteiger partial charge >= 0.3 is 0 Å². The molecule has 31 heavy (non-hydrogen) atoms. The summed E-state index contributed by atoms with van der Waals surface area (Å²) in [6, 6.07) is 22.5. The first-order chi connectivity index (χ1) is 14.7. The lowest BCUT2D eigenvalue weighted by Gasteiger charge is -2.19. The lowest BCUT2D eigenvalue weighted by molar-refractivity contribution is 0.583. The summed E-state index contributed by atoms with van der Waals surface area (Å²) < 4.78 is 28.6. The van der Waals surface area contributed by atoms with Crippen molar-refractivity contribution < 1.29 is 8.42 Å². The number of aromatic nitrogens is 2. The third kappa shape index (κ3) is 4.19. The third-order valence-electron chi connectivity index (χ3n) is 5.30. The molecule has 158 valence electrons. The molecule has 1 aromatic heterocycles. The average molecular weight is 431 g/mol. The molecule has 0 spiro atoms. The minimum atomic E-state index is -3.82. The number of aryl methyl sites for hydroxylation is 1. The standard InChI is InChI=1S/C26H26N2O2S/c1-19-9-11-20(12-10-19)13-18-25-27-23-7-5-6-8-24(23)28(25)31(29,30)22-16-14-21(15-17-22)26(2,3)4/h5-18H,1-4H3/b18-13+. The first-order valence-electron chi connectivity index (χ1n) is 10.2. The fourth-order valence-corrected chi connectivity index (χ4v) is 4.91. The van der Waals surface area contributed by atoms with E-state index in [4.69, 9.17) is 0 Å². The van der Waals surface area contributed by atoms with E-state index in [1.165, 1.54) is 9.54 Å². The Balaban J connectivity index is 1.84. The number of para-hydroxylation sites is 2. The Morgan fingerprint density at radius 1 is 0.839 bits per heavy atom. The van der Waals surface area contributed by atoms with Gasteiger partial charge in [-0.3, -0.25) is 0 Å². The van der Waals surface area contributed by atoms with E-state index in [9.17, 15) is 8.42 Å². The van der Waals surface area contributed by atoms with Gasteiger partial charge in [0, 0.05) is 0 Å². The van der Waals surface area contributed by atoms with E-state index in [2.05, 4.69) is 25.8 Å². The van der Waals surface area contributed by atoms with Gasteiger partial charge in [0.25, 0.3) is 10.0 Å². The number of rotatable bonds is 4. The molecule has 1 heterocycles. The van der Waals surface area contributed by atoms with Crippen LogP contribution in [0.2, 0.25) is 0 Å². The van der Waals surface area contributed by atoms with E-state index in [1.807, 2.05) is 67.6 Å². The summed E-state index contributed by atoms with van der Waals surface area (Å²) >= 11 is 0. The highest BCUT2D eigenvalue weighted by atomic mass is 32.2. The van der Waals surface area contributed by atoms with E-state index >= 15 is 0 Å². The lowest BCUT2D eigenvalue weighted by Crippen LogP contribution is -2.16. The van der Waals surface area contributed by atoms with Gasteiger partial charge in [0.1, 0.15) is 5.82 Å². The van der Waals surface area contributed by atoms with E-state index in [0.717, 1.165) is 11.1 Å². The Kier molecular flexibility index (Phi) is 5.31. The van der Waals surface area contributed by atoms with Gasteiger partial charge in [-0.05, 0) is 53.8 Å². The van der Waals surface area contributed by atoms with Crippen LogP contribution >= 0.6 is 0 Å². The zero-order chi connectivity index (χ0) is 22.2. The Morgan fingerprint density at radius 3 is 2.13 bits per heavy atom. The van der Waals surface area contributed by atoms with Crippen LogP contribution in [0.15, 0.2) is 77.7 Å². The summed E-state index contributed by atoms with van der Waals surface area (Å²) in [5.74, 6) is 0.377. The van der Waals surface area contributed by atoms with E-state index in [-0.39, 0.29) is 10.3 Å². The molecular weight excluding hydrogens is 404 g/mol. The van der Waals surface area contributed by atoms with E-state index < -0.39 is 10.0 Å². The summed E-state index contributed by atoms with van der Waals surface area (Å²) in [7, 11) is -3.82. The highest BCUT2D eigenvalue weighted by Gasteiger charge is 2.24. The highest BCUT2D eigenvalue weighted by Crippen LogP contribution is 2.27. The maximum Gasteiger partial charge on any atom is 0.269 e. The van der Waals surface area contributed by atoms with Crippen LogP contribution < -0.4 is 0 Å². The molecule has 4 aromatic rings. The Labute approximate surface area is 183 Å². The lowest BCUT2D eigenvalue weighted by atomic mass is 9.87. The van der Waals surface area contributed by atoms with Crippen molar-refractivity contribution in [2.24, 2.45) is 0 Å². The zero-order valence-electron chi connectivity index (χ0n) is 18.2. The molecule has 4 nitrogen and oxygen atoms in total. The maximum absolute atomic E-state index is 13.6. The molecule has 4 rings (SSSR count). The van der Waals surface area contributed by atoms with Crippen molar-refractivity contribution >= 4 is 33.2 Å². The number of hydrogen-bond donors (Lipinski definition) is 0. The maximum atomic E-state index is 13.6. The number of hydrogen-bond acceptors (Lipinski definition) is 3. The number of benzene rings is 3. The molecule has 0 amide bonds. The van der Waals surface area contributed by atoms with Crippen molar-refractivity contribution in [1.82, 2.24) is 8.96 Å². The first-order valence-corrected chi connectivity index (χ1v) is 11.7. The average Bonchev–Trinajstić information content (AvgIpc) is 3.12. The molecule has 0 fully saturated rings. The van der Waals surface area contributed by atoms with Gasteiger partial charge in [-0.25, -0.2) is 17.4 Å². The monoisotopic (exact) mass is 430 g/mol. The van der Waals surface area contributed by atoms with Crippen LogP contribution in [0.5, 0.6) is 0 Å². The van der Waals surface area contributed by atoms with Crippen LogP contribution in [0.1, 0.15) is 43.3 Å². The van der Waals surface area contributed by atoms with Gasteiger partial charge < -0.3 is 0 Å². The smallest absolute Gasteiger partial charge is 0.228 e. The van der Waals surface area contributed by atoms with Crippen LogP contribution in [0.3, 0.4) is 0 Å². The van der Waals surface area contributed by atoms with Gasteiger partial charge in [0.2, 0.25) is 0 Å². The molecule has 0 aliphatic carbocycles. The van der Waals surface area contributed by atoms with Gasteiger partial charge in [-0.2, -0.15) is 0 Å². The van der Waals surface area contributed by atoms with Gasteiger partial charge in [0.05, 0.1) is 15.9 Å². The topological polar surface area (TPSA) is 52.0 Å². The van der Waals surface area contributed by atoms with Crippen molar-refractivity contribution in [1.29, 1.82) is 0 Å². The largest absolute Gasteiger partial charge is 0.269 e. The quantitative estimate of drug-likeness (QED) is 0.396. The number of fused-ring (bicyclic) bond motifs is 1. The van der Waals surface area contributed by atoms with Crippen LogP contribution in [0, 0.1) is 6.92 Å². The first kappa shape index (κ1) is 21.1. The molecule has 0 bridgehead atoms. The van der Waals surface area contributed by atoms with Crippen molar-refractivity contribution in [3.05, 3.63) is 95.3 Å². The predicted octanol–water partition coefficient (Wildman–Crippen LogP) is 6.05. The summed E-state index contributed by atoms with van der Waals surface area (Å²) in [4.78, 5) is 4.83. The van der Waals surface area contributed by atoms with Crippen molar-refractivity contribution in [3.63, 3.8) is 0 Å². The fraction of sp³-hybridized carbons (Fsp3) is 0.192. The molecule has 0 aliphatic rings. The number of imidazole rings is 1. The molecule has 0 radical (unpaired) electrons. The van der Waals surface area contributed by atoms with Crippen molar-refractivity contribution in [3.8, 4) is 0 Å². The predicted molar refractivity (Wildman–Crippen MR) is 128 cm³/mol. The Hall–Kier alpha value is -3.18. The van der Waals surface area contributed by atoms with Gasteiger partial charge in [0.15, 0.2) is 0 Å². The fourth-order valence-electron chi connectivity index (χ4n) is 3.46. The van der Waals surface area contributed by atoms with Crippen molar-refractivity contribution in [2.45, 2.75) is 38.0 Å². The van der Waals surface area contributed by atoms with Gasteiger partial charge in [-0.1, -0.05) is 80.9 Å². The van der Waals surface area contributed by atoms with E-state index in [1.54, 1.807) is 24.3 Å². The summed E-state index contributed by atoms with van der Waals surface area (Å²) in [6.07, 6.45) is 3.64. The SMILES string of the molecule is Cc1ccc(/C=C/c2nc3ccccc3n2S(=O)(=O)c2ccc(C(C)(C)C)cc2)cc1. The Morgan fingerprint density at radius 2 is 1.48 bits per heavy atom. The third-order valence-corrected chi connectivity index (χ3v) is 7.04. The van der Waals surface area contributed by atoms with Crippen LogP contribution in [-0.2, 0) is 15.4 Å². The van der Waals surface area contributed by atoms with Gasteiger partial charge in [-0.15, -0.1) is 0 Å². The van der Waals surface area contributed by atoms with Crippen LogP contribution in [0.25, 0.3) is 23.2 Å². The zero-order valence-corrected chi connectivity index (χ0v) is 19.0. The molecule has 5 heteroatoms. The summed E-state index contributed by atoms with van der Waals surface area (Å²) in [6.45, 7) is 8.35. The molecule has 0 N–H and O–H groups in total. The Bertz CT molecular complexity index is 1360. The van der Waals surface area contributed by atoms with Crippen LogP contribution in [0.4, 0.5) is 0 Å². The molecule has 3 aromatic carbocycles. The molecule has 0 aliphatic heterocycles. The van der Waals surface area contributed by atoms with Crippen LogP contribution in [-0.4, -0.2) is 17.4 Å². The highest BCUT2D eigenvalue weighted by molar-refractivity contribution is 7.90. The molecule has 0 unspecified atom stereocenters. The summed E-state index contributed by atoms with van der Waals surface area (Å²) in [5, 5.41) is 0.